The van der Waals surface area contributed by atoms with Gasteiger partial charge in [-0.3, -0.25) is 4.79 Å². The predicted octanol–water partition coefficient (Wildman–Crippen LogP) is -0.207. The fraction of sp³-hybridized carbons (Fsp3) is 0.900. The second kappa shape index (κ2) is 3.70. The molecule has 1 amide bonds. The predicted molar refractivity (Wildman–Crippen MR) is 60.7 cm³/mol. The maximum Gasteiger partial charge on any atom is 0.243 e. The Hall–Kier alpha value is -0.620. The van der Waals surface area contributed by atoms with E-state index in [-0.39, 0.29) is 13.1 Å². The van der Waals surface area contributed by atoms with Crippen molar-refractivity contribution in [1.29, 1.82) is 0 Å². The van der Waals surface area contributed by atoms with Crippen LogP contribution in [-0.2, 0) is 14.6 Å². The molecule has 0 radical (unpaired) electrons. The molecule has 0 unspecified atom stereocenters. The highest BCUT2D eigenvalue weighted by molar-refractivity contribution is 7.92. The second-order valence-corrected chi connectivity index (χ2v) is 7.59. The minimum atomic E-state index is -3.44. The standard InChI is InChI=1S/C10H19NO4S/c1-5-10(13)6-11(7-10)8(12)9(2,3)16(4,14)15/h13H,5-7H2,1-4H3. The molecule has 0 aromatic heterocycles. The number of likely N-dealkylation sites (tertiary alicyclic amines) is 1. The fourth-order valence-electron chi connectivity index (χ4n) is 1.57. The SMILES string of the molecule is CCC1(O)CN(C(=O)C(C)(C)S(C)(=O)=O)C1. The Kier molecular flexibility index (Phi) is 3.11. The molecule has 0 saturated carbocycles. The molecule has 0 spiro atoms. The molecule has 1 aliphatic rings. The summed E-state index contributed by atoms with van der Waals surface area (Å²) in [5.41, 5.74) is -0.830. The van der Waals surface area contributed by atoms with Crippen LogP contribution in [0.15, 0.2) is 0 Å². The van der Waals surface area contributed by atoms with Gasteiger partial charge in [-0.1, -0.05) is 6.92 Å². The van der Waals surface area contributed by atoms with E-state index < -0.39 is 26.1 Å². The number of amides is 1. The van der Waals surface area contributed by atoms with Gasteiger partial charge < -0.3 is 10.0 Å². The third-order valence-electron chi connectivity index (χ3n) is 3.36. The average molecular weight is 249 g/mol. The van der Waals surface area contributed by atoms with Crippen LogP contribution >= 0.6 is 0 Å². The monoisotopic (exact) mass is 249 g/mol. The van der Waals surface area contributed by atoms with Gasteiger partial charge in [-0.25, -0.2) is 8.42 Å². The van der Waals surface area contributed by atoms with Gasteiger partial charge in [-0.05, 0) is 20.3 Å². The summed E-state index contributed by atoms with van der Waals surface area (Å²) in [7, 11) is -3.44. The van der Waals surface area contributed by atoms with Crippen molar-refractivity contribution in [2.24, 2.45) is 0 Å². The molecule has 1 aliphatic heterocycles. The lowest BCUT2D eigenvalue weighted by atomic mass is 9.90. The lowest BCUT2D eigenvalue weighted by Crippen LogP contribution is -2.67. The third kappa shape index (κ3) is 2.08. The van der Waals surface area contributed by atoms with Crippen LogP contribution in [0.25, 0.3) is 0 Å². The molecule has 6 heteroatoms. The van der Waals surface area contributed by atoms with Gasteiger partial charge >= 0.3 is 0 Å². The van der Waals surface area contributed by atoms with E-state index in [1.165, 1.54) is 18.7 Å². The van der Waals surface area contributed by atoms with Gasteiger partial charge in [0, 0.05) is 6.26 Å². The zero-order valence-electron chi connectivity index (χ0n) is 10.1. The normalized spacial score (nSPS) is 20.4. The van der Waals surface area contributed by atoms with Crippen LogP contribution in [0.3, 0.4) is 0 Å². The number of carbonyl (C=O) groups is 1. The van der Waals surface area contributed by atoms with Crippen LogP contribution in [0.1, 0.15) is 27.2 Å². The van der Waals surface area contributed by atoms with Crippen molar-refractivity contribution in [2.45, 2.75) is 37.5 Å². The molecule has 94 valence electrons. The van der Waals surface area contributed by atoms with Crippen LogP contribution in [0.5, 0.6) is 0 Å². The molecule has 1 N–H and O–H groups in total. The van der Waals surface area contributed by atoms with Crippen molar-refractivity contribution in [3.05, 3.63) is 0 Å². The van der Waals surface area contributed by atoms with E-state index in [1.807, 2.05) is 6.92 Å². The molecule has 0 atom stereocenters. The van der Waals surface area contributed by atoms with Gasteiger partial charge in [0.15, 0.2) is 9.84 Å². The molecule has 1 saturated heterocycles. The number of β-amino-alcohol motifs (C(OH)–C–C–N with tert-alkyl or cyclic N) is 1. The van der Waals surface area contributed by atoms with E-state index in [1.54, 1.807) is 0 Å². The van der Waals surface area contributed by atoms with Gasteiger partial charge in [0.05, 0.1) is 18.7 Å². The Bertz CT molecular complexity index is 393. The van der Waals surface area contributed by atoms with Crippen molar-refractivity contribution in [2.75, 3.05) is 19.3 Å². The highest BCUT2D eigenvalue weighted by atomic mass is 32.2. The van der Waals surface area contributed by atoms with Gasteiger partial charge in [-0.2, -0.15) is 0 Å². The van der Waals surface area contributed by atoms with E-state index >= 15 is 0 Å². The average Bonchev–Trinajstić information content (AvgIpc) is 2.09. The number of carbonyl (C=O) groups excluding carboxylic acids is 1. The van der Waals surface area contributed by atoms with Crippen molar-refractivity contribution in [3.63, 3.8) is 0 Å². The molecule has 0 bridgehead atoms. The number of nitrogens with zero attached hydrogens (tertiary/aromatic N) is 1. The Morgan fingerprint density at radius 2 is 1.88 bits per heavy atom. The van der Waals surface area contributed by atoms with Gasteiger partial charge in [-0.15, -0.1) is 0 Å². The quantitative estimate of drug-likeness (QED) is 0.751. The first-order chi connectivity index (χ1) is 7.03. The number of hydrogen-bond donors (Lipinski definition) is 1. The first kappa shape index (κ1) is 13.4. The maximum absolute atomic E-state index is 11.9. The van der Waals surface area contributed by atoms with Crippen LogP contribution in [0.4, 0.5) is 0 Å². The number of rotatable bonds is 3. The second-order valence-electron chi connectivity index (χ2n) is 5.02. The maximum atomic E-state index is 11.9. The van der Waals surface area contributed by atoms with Crippen molar-refractivity contribution >= 4 is 15.7 Å². The molecule has 5 nitrogen and oxygen atoms in total. The molecule has 16 heavy (non-hydrogen) atoms. The van der Waals surface area contributed by atoms with Crippen LogP contribution in [0.2, 0.25) is 0 Å². The Morgan fingerprint density at radius 3 is 2.19 bits per heavy atom. The lowest BCUT2D eigenvalue weighted by molar-refractivity contribution is -0.157. The minimum absolute atomic E-state index is 0.223. The number of hydrogen-bond acceptors (Lipinski definition) is 4. The number of sulfone groups is 1. The van der Waals surface area contributed by atoms with Crippen LogP contribution in [-0.4, -0.2) is 54.0 Å². The topological polar surface area (TPSA) is 74.7 Å². The highest BCUT2D eigenvalue weighted by Crippen LogP contribution is 2.28. The molecule has 0 aromatic carbocycles. The van der Waals surface area contributed by atoms with Crippen LogP contribution < -0.4 is 0 Å². The zero-order valence-corrected chi connectivity index (χ0v) is 11.0. The Labute approximate surface area is 96.4 Å². The zero-order chi connectivity index (χ0) is 12.8. The first-order valence-corrected chi connectivity index (χ1v) is 7.14. The fourth-order valence-corrected chi connectivity index (χ4v) is 2.02. The van der Waals surface area contributed by atoms with Gasteiger partial charge in [0.25, 0.3) is 0 Å². The lowest BCUT2D eigenvalue weighted by Gasteiger charge is -2.48. The Morgan fingerprint density at radius 1 is 1.44 bits per heavy atom. The molecular formula is C10H19NO4S. The van der Waals surface area contributed by atoms with Crippen molar-refractivity contribution in [1.82, 2.24) is 4.90 Å². The summed E-state index contributed by atoms with van der Waals surface area (Å²) in [6, 6.07) is 0. The van der Waals surface area contributed by atoms with Gasteiger partial charge in [0.2, 0.25) is 5.91 Å². The summed E-state index contributed by atoms with van der Waals surface area (Å²) < 4.78 is 21.5. The largest absolute Gasteiger partial charge is 0.386 e. The van der Waals surface area contributed by atoms with E-state index in [0.29, 0.717) is 6.42 Å². The summed E-state index contributed by atoms with van der Waals surface area (Å²) in [4.78, 5) is 13.3. The number of aliphatic hydroxyl groups is 1. The van der Waals surface area contributed by atoms with Crippen molar-refractivity contribution in [3.8, 4) is 0 Å². The first-order valence-electron chi connectivity index (χ1n) is 5.25. The molecular weight excluding hydrogens is 230 g/mol. The summed E-state index contributed by atoms with van der Waals surface area (Å²) in [6.45, 7) is 5.08. The van der Waals surface area contributed by atoms with Crippen molar-refractivity contribution < 1.29 is 18.3 Å². The Balaban J connectivity index is 2.77. The highest BCUT2D eigenvalue weighted by Gasteiger charge is 2.49. The van der Waals surface area contributed by atoms with E-state index in [2.05, 4.69) is 0 Å². The van der Waals surface area contributed by atoms with E-state index in [4.69, 9.17) is 0 Å². The molecule has 0 aliphatic carbocycles. The van der Waals surface area contributed by atoms with Gasteiger partial charge in [0.1, 0.15) is 4.75 Å². The molecule has 1 heterocycles. The van der Waals surface area contributed by atoms with Crippen LogP contribution in [0, 0.1) is 0 Å². The molecule has 1 fully saturated rings. The third-order valence-corrected chi connectivity index (χ3v) is 5.39. The smallest absolute Gasteiger partial charge is 0.243 e. The summed E-state index contributed by atoms with van der Waals surface area (Å²) in [5, 5.41) is 9.76. The summed E-state index contributed by atoms with van der Waals surface area (Å²) >= 11 is 0. The molecule has 1 rings (SSSR count). The summed E-state index contributed by atoms with van der Waals surface area (Å²) in [5.74, 6) is -0.437. The van der Waals surface area contributed by atoms with E-state index in [9.17, 15) is 18.3 Å². The minimum Gasteiger partial charge on any atom is -0.386 e. The summed E-state index contributed by atoms with van der Waals surface area (Å²) in [6.07, 6.45) is 1.62. The molecule has 0 aromatic rings. The van der Waals surface area contributed by atoms with E-state index in [0.717, 1.165) is 6.26 Å².